The van der Waals surface area contributed by atoms with E-state index in [0.717, 1.165) is 101 Å². The second-order valence-electron chi connectivity index (χ2n) is 16.3. The Bertz CT molecular complexity index is 2540. The lowest BCUT2D eigenvalue weighted by Crippen LogP contribution is -2.45. The highest BCUT2D eigenvalue weighted by Gasteiger charge is 2.35. The number of carboxylic acid groups (broad SMARTS) is 1. The molecular weight excluding hydrogens is 810 g/mol. The number of pyridine rings is 1. The number of nitriles is 1. The predicted molar refractivity (Wildman–Crippen MR) is 237 cm³/mol. The molecule has 0 amide bonds. The summed E-state index contributed by atoms with van der Waals surface area (Å²) in [5.74, 6) is 1.35. The maximum absolute atomic E-state index is 13.0. The van der Waals surface area contributed by atoms with Gasteiger partial charge in [0.25, 0.3) is 0 Å². The van der Waals surface area contributed by atoms with E-state index in [2.05, 4.69) is 34.8 Å². The van der Waals surface area contributed by atoms with Crippen molar-refractivity contribution in [1.29, 1.82) is 5.26 Å². The molecule has 14 heteroatoms. The normalized spacial score (nSPS) is 18.2. The summed E-state index contributed by atoms with van der Waals surface area (Å²) in [7, 11) is 2.16. The highest BCUT2D eigenvalue weighted by atomic mass is 35.5. The number of benzene rings is 2. The number of aliphatic carboxylic acids is 1. The van der Waals surface area contributed by atoms with Crippen LogP contribution in [0.1, 0.15) is 79.1 Å². The van der Waals surface area contributed by atoms with Crippen molar-refractivity contribution < 1.29 is 24.1 Å². The molecule has 2 fully saturated rings. The second-order valence-corrected chi connectivity index (χ2v) is 17.5. The van der Waals surface area contributed by atoms with Gasteiger partial charge in [0, 0.05) is 75.0 Å². The molecule has 3 aliphatic rings. The van der Waals surface area contributed by atoms with Crippen molar-refractivity contribution in [3.63, 3.8) is 0 Å². The van der Waals surface area contributed by atoms with Gasteiger partial charge in [0.2, 0.25) is 12.0 Å². The van der Waals surface area contributed by atoms with Crippen LogP contribution in [0, 0.1) is 24.2 Å². The number of allylic oxidation sites excluding steroid dienone is 4. The van der Waals surface area contributed by atoms with E-state index in [1.807, 2.05) is 56.4 Å². The molecule has 8 rings (SSSR count). The number of hydrogen-bond donors (Lipinski definition) is 1. The fourth-order valence-electron chi connectivity index (χ4n) is 8.43. The molecule has 0 bridgehead atoms. The Morgan fingerprint density at radius 2 is 1.89 bits per heavy atom. The van der Waals surface area contributed by atoms with Crippen LogP contribution >= 0.6 is 23.1 Å². The zero-order valence-electron chi connectivity index (χ0n) is 35.0. The number of likely N-dealkylation sites (N-methyl/N-ethyl adjacent to an activating group) is 1. The monoisotopic (exact) mass is 859 g/mol. The number of rotatable bonds is 15. The molecule has 0 radical (unpaired) electrons. The molecule has 61 heavy (non-hydrogen) atoms. The molecule has 1 saturated heterocycles. The molecular formula is C47H50ClN7O5S. The van der Waals surface area contributed by atoms with Crippen LogP contribution in [0.15, 0.2) is 77.3 Å². The van der Waals surface area contributed by atoms with Gasteiger partial charge in [0.05, 0.1) is 38.1 Å². The van der Waals surface area contributed by atoms with Crippen molar-refractivity contribution in [2.45, 2.75) is 71.5 Å². The van der Waals surface area contributed by atoms with Gasteiger partial charge in [-0.05, 0) is 104 Å². The van der Waals surface area contributed by atoms with Crippen molar-refractivity contribution in [2.75, 3.05) is 46.4 Å². The number of ether oxygens (including phenoxy) is 3. The van der Waals surface area contributed by atoms with E-state index in [1.54, 1.807) is 18.3 Å². The van der Waals surface area contributed by atoms with E-state index < -0.39 is 12.1 Å². The molecule has 2 aromatic carbocycles. The molecule has 4 heterocycles. The Morgan fingerprint density at radius 3 is 2.62 bits per heavy atom. The number of nitrogens with zero attached hydrogens (tertiary/aromatic N) is 7. The average Bonchev–Trinajstić information content (AvgIpc) is 3.65. The van der Waals surface area contributed by atoms with Gasteiger partial charge in [0.1, 0.15) is 24.7 Å². The number of carbonyl (C=O) groups is 1. The van der Waals surface area contributed by atoms with Crippen molar-refractivity contribution in [2.24, 2.45) is 5.92 Å². The van der Waals surface area contributed by atoms with Crippen LogP contribution in [0.4, 0.5) is 0 Å². The molecule has 12 nitrogen and oxygen atoms in total. The van der Waals surface area contributed by atoms with Crippen LogP contribution < -0.4 is 9.47 Å². The van der Waals surface area contributed by atoms with Gasteiger partial charge < -0.3 is 24.2 Å². The first-order chi connectivity index (χ1) is 29.6. The summed E-state index contributed by atoms with van der Waals surface area (Å²) in [5.41, 5.74) is 7.56. The fourth-order valence-corrected chi connectivity index (χ4v) is 9.36. The number of aryl methyl sites for hydroxylation is 1. The van der Waals surface area contributed by atoms with Crippen molar-refractivity contribution in [1.82, 2.24) is 29.1 Å². The van der Waals surface area contributed by atoms with E-state index in [4.69, 9.17) is 40.2 Å². The molecule has 1 saturated carbocycles. The summed E-state index contributed by atoms with van der Waals surface area (Å²) in [6.45, 7) is 11.9. The summed E-state index contributed by atoms with van der Waals surface area (Å²) in [4.78, 5) is 32.0. The van der Waals surface area contributed by atoms with E-state index in [9.17, 15) is 15.2 Å². The predicted octanol–water partition coefficient (Wildman–Crippen LogP) is 8.78. The van der Waals surface area contributed by atoms with Crippen LogP contribution in [0.5, 0.6) is 11.6 Å². The van der Waals surface area contributed by atoms with E-state index in [0.29, 0.717) is 46.5 Å². The zero-order valence-corrected chi connectivity index (χ0v) is 36.6. The van der Waals surface area contributed by atoms with Gasteiger partial charge in [-0.25, -0.2) is 14.8 Å². The summed E-state index contributed by atoms with van der Waals surface area (Å²) in [6, 6.07) is 16.7. The Kier molecular flexibility index (Phi) is 13.0. The molecule has 1 N–H and O–H groups in total. The SMILES string of the molecule is CC1=C(c2c(C3CCC3)ncc3snc(O[C@H](Cc4ccccc4OCc4ccnc(-c5ccc(C#N)cc5C)n4)C(=O)O)c23)C(C)CC(OCCN2CCN(C)CC2)=C1Cl. The van der Waals surface area contributed by atoms with Gasteiger partial charge in [-0.2, -0.15) is 9.64 Å². The second kappa shape index (κ2) is 18.7. The van der Waals surface area contributed by atoms with Crippen LogP contribution in [-0.4, -0.2) is 92.7 Å². The Hall–Kier alpha value is -5.39. The first-order valence-corrected chi connectivity index (χ1v) is 22.1. The Morgan fingerprint density at radius 1 is 1.08 bits per heavy atom. The standard InChI is InChI=1S/C47H50ClN7O5S/c1-28-22-31(25-49)12-13-35(28)45-50-15-14-34(52-45)27-59-36-11-6-5-8-33(36)24-38(47(56)57)60-46-41-39(61-53-46)26-51-44(32-9-7-10-32)42(41)40-29(2)23-37(43(48)30(40)3)58-21-20-55-18-16-54(4)17-19-55/h5-6,8,11-15,22,26,29,32,38H,7,9-10,16-21,23-24,27H2,1-4H3,(H,56,57)/t29?,38-/m1/s1. The molecule has 2 aliphatic carbocycles. The maximum Gasteiger partial charge on any atom is 0.345 e. The summed E-state index contributed by atoms with van der Waals surface area (Å²) in [5, 5.41) is 21.3. The minimum absolute atomic E-state index is 0.0292. The Balaban J connectivity index is 1.05. The van der Waals surface area contributed by atoms with Gasteiger partial charge in [-0.1, -0.05) is 43.1 Å². The van der Waals surface area contributed by atoms with Crippen LogP contribution in [-0.2, 0) is 22.6 Å². The van der Waals surface area contributed by atoms with Gasteiger partial charge >= 0.3 is 5.97 Å². The minimum atomic E-state index is -1.27. The van der Waals surface area contributed by atoms with E-state index in [-0.39, 0.29) is 30.7 Å². The summed E-state index contributed by atoms with van der Waals surface area (Å²) in [6.07, 6.45) is 6.13. The summed E-state index contributed by atoms with van der Waals surface area (Å²) >= 11 is 8.44. The number of carboxylic acids is 1. The first-order valence-electron chi connectivity index (χ1n) is 20.9. The molecule has 1 unspecified atom stereocenters. The lowest BCUT2D eigenvalue weighted by molar-refractivity contribution is -0.145. The number of aromatic nitrogens is 4. The largest absolute Gasteiger partial charge is 0.495 e. The first kappa shape index (κ1) is 42.3. The van der Waals surface area contributed by atoms with Crippen molar-refractivity contribution >= 4 is 44.8 Å². The lowest BCUT2D eigenvalue weighted by Gasteiger charge is -2.33. The molecule has 1 aliphatic heterocycles. The lowest BCUT2D eigenvalue weighted by atomic mass is 9.75. The molecule has 5 aromatic rings. The number of hydrogen-bond acceptors (Lipinski definition) is 12. The third-order valence-corrected chi connectivity index (χ3v) is 13.4. The fraction of sp³-hybridized carbons (Fsp3) is 0.404. The topological polar surface area (TPSA) is 147 Å². The molecule has 3 aromatic heterocycles. The van der Waals surface area contributed by atoms with Gasteiger partial charge in [-0.15, -0.1) is 0 Å². The van der Waals surface area contributed by atoms with Crippen LogP contribution in [0.2, 0.25) is 0 Å². The molecule has 316 valence electrons. The smallest absolute Gasteiger partial charge is 0.345 e. The minimum Gasteiger partial charge on any atom is -0.495 e. The quantitative estimate of drug-likeness (QED) is 0.107. The van der Waals surface area contributed by atoms with Crippen molar-refractivity contribution in [3.8, 4) is 29.1 Å². The van der Waals surface area contributed by atoms with Gasteiger partial charge in [-0.3, -0.25) is 9.88 Å². The highest BCUT2D eigenvalue weighted by molar-refractivity contribution is 7.13. The third-order valence-electron chi connectivity index (χ3n) is 12.1. The Labute approximate surface area is 365 Å². The van der Waals surface area contributed by atoms with Crippen molar-refractivity contribution in [3.05, 3.63) is 111 Å². The number of para-hydroxylation sites is 1. The molecule has 0 spiro atoms. The number of halogens is 1. The number of fused-ring (bicyclic) bond motifs is 1. The van der Waals surface area contributed by atoms with Crippen LogP contribution in [0.25, 0.3) is 27.0 Å². The summed E-state index contributed by atoms with van der Waals surface area (Å²) < 4.78 is 24.7. The van der Waals surface area contributed by atoms with E-state index >= 15 is 0 Å². The zero-order chi connectivity index (χ0) is 42.6. The maximum atomic E-state index is 13.0. The third kappa shape index (κ3) is 9.28. The van der Waals surface area contributed by atoms with E-state index in [1.165, 1.54) is 11.5 Å². The average molecular weight is 860 g/mol. The van der Waals surface area contributed by atoms with Crippen LogP contribution in [0.3, 0.4) is 0 Å². The molecule has 2 atom stereocenters. The van der Waals surface area contributed by atoms with Gasteiger partial charge in [0.15, 0.2) is 5.82 Å². The number of piperazine rings is 1. The highest BCUT2D eigenvalue weighted by Crippen LogP contribution is 2.50.